The second kappa shape index (κ2) is 8.59. The number of likely N-dealkylation sites (N-methyl/N-ethyl adjacent to an activating group) is 1. The Hall–Kier alpha value is 0.995. The van der Waals surface area contributed by atoms with E-state index in [2.05, 4.69) is 0 Å². The maximum absolute atomic E-state index is 10.4. The summed E-state index contributed by atoms with van der Waals surface area (Å²) in [7, 11) is 4.48. The fourth-order valence-corrected chi connectivity index (χ4v) is 0.552. The third-order valence-electron chi connectivity index (χ3n) is 1.30. The van der Waals surface area contributed by atoms with Gasteiger partial charge in [0.15, 0.2) is 12.3 Å². The summed E-state index contributed by atoms with van der Waals surface area (Å²) in [6.07, 6.45) is -0.450. The molecule has 1 N–H and O–H groups in total. The van der Waals surface area contributed by atoms with E-state index < -0.39 is 12.3 Å². The van der Waals surface area contributed by atoms with Crippen LogP contribution in [0.5, 0.6) is 0 Å². The van der Waals surface area contributed by atoms with Crippen LogP contribution in [0.4, 0.5) is 4.79 Å². The smallest absolute Gasteiger partial charge is 0.447 e. The Balaban J connectivity index is 0. The molecule has 5 nitrogen and oxygen atoms in total. The third-order valence-corrected chi connectivity index (χ3v) is 1.30. The van der Waals surface area contributed by atoms with Crippen molar-refractivity contribution in [2.75, 3.05) is 27.8 Å². The molecule has 0 saturated carbocycles. The molecule has 0 heterocycles. The number of amides is 2. The average molecular weight is 247 g/mol. The first-order chi connectivity index (χ1) is 5.11. The van der Waals surface area contributed by atoms with Crippen molar-refractivity contribution >= 4 is 6.03 Å². The molecule has 0 unspecified atom stereocenters. The molecule has 0 saturated heterocycles. The summed E-state index contributed by atoms with van der Waals surface area (Å²) < 4.78 is 9.64. The van der Waals surface area contributed by atoms with Gasteiger partial charge in [0.1, 0.15) is 0 Å². The molecule has 0 rings (SSSR count). The second-order valence-electron chi connectivity index (χ2n) is 2.09. The molecule has 0 atom stereocenters. The van der Waals surface area contributed by atoms with E-state index in [-0.39, 0.29) is 64.7 Å². The van der Waals surface area contributed by atoms with Crippen LogP contribution in [0, 0.1) is 0 Å². The Morgan fingerprint density at radius 2 is 1.92 bits per heavy atom. The second-order valence-corrected chi connectivity index (χ2v) is 2.09. The Labute approximate surface area is 121 Å². The van der Waals surface area contributed by atoms with Crippen molar-refractivity contribution in [2.24, 2.45) is 0 Å². The van der Waals surface area contributed by atoms with E-state index in [9.17, 15) is 4.79 Å². The molecular formula is C6H13N2O3Rb. The Bertz CT molecular complexity index is 130. The van der Waals surface area contributed by atoms with E-state index >= 15 is 0 Å². The molecule has 0 spiro atoms. The Morgan fingerprint density at radius 3 is 2.17 bits per heavy atom. The van der Waals surface area contributed by atoms with Gasteiger partial charge in [-0.3, -0.25) is 4.79 Å². The van der Waals surface area contributed by atoms with Crippen molar-refractivity contribution in [1.82, 2.24) is 4.90 Å². The van der Waals surface area contributed by atoms with Gasteiger partial charge >= 0.3 is 58.2 Å². The molecule has 12 heavy (non-hydrogen) atoms. The van der Waals surface area contributed by atoms with Gasteiger partial charge in [-0.1, -0.05) is 7.05 Å². The van der Waals surface area contributed by atoms with Gasteiger partial charge in [-0.15, -0.1) is 0 Å². The van der Waals surface area contributed by atoms with Gasteiger partial charge in [-0.25, -0.2) is 0 Å². The van der Waals surface area contributed by atoms with Gasteiger partial charge in [0, 0.05) is 20.8 Å². The molecule has 0 bridgehead atoms. The summed E-state index contributed by atoms with van der Waals surface area (Å²) in [5.74, 6) is 0. The minimum atomic E-state index is -0.746. The van der Waals surface area contributed by atoms with E-state index in [0.29, 0.717) is 0 Å². The zero-order chi connectivity index (χ0) is 8.85. The molecule has 0 aromatic heterocycles. The molecule has 6 heteroatoms. The summed E-state index contributed by atoms with van der Waals surface area (Å²) in [6, 6.07) is -0.746. The summed E-state index contributed by atoms with van der Waals surface area (Å²) >= 11 is 0. The fourth-order valence-electron chi connectivity index (χ4n) is 0.552. The van der Waals surface area contributed by atoms with Gasteiger partial charge in [-0.2, -0.15) is 0 Å². The van der Waals surface area contributed by atoms with Crippen LogP contribution < -0.4 is 58.2 Å². The topological polar surface area (TPSA) is 62.6 Å². The van der Waals surface area contributed by atoms with Crippen molar-refractivity contribution in [1.29, 1.82) is 0 Å². The first kappa shape index (κ1) is 15.5. The summed E-state index contributed by atoms with van der Waals surface area (Å²) in [6.45, 7) is 0.273. The number of carbonyl (C=O) groups is 1. The zero-order valence-corrected chi connectivity index (χ0v) is 12.9. The average Bonchev–Trinajstić information content (AvgIpc) is 1.99. The largest absolute Gasteiger partial charge is 1.00 e. The number of nitrogens with zero attached hydrogens (tertiary/aromatic N) is 1. The van der Waals surface area contributed by atoms with E-state index in [1.807, 2.05) is 0 Å². The van der Waals surface area contributed by atoms with Gasteiger partial charge in [0.05, 0.1) is 0 Å². The third kappa shape index (κ3) is 6.50. The predicted molar refractivity (Wildman–Crippen MR) is 40.2 cm³/mol. The number of nitrogens with one attached hydrogen (secondary N) is 1. The molecule has 0 aliphatic heterocycles. The number of rotatable bonds is 4. The van der Waals surface area contributed by atoms with E-state index in [0.717, 1.165) is 0 Å². The minimum absolute atomic E-state index is 0. The number of hydrogen-bond donors (Lipinski definition) is 0. The Morgan fingerprint density at radius 1 is 1.50 bits per heavy atom. The predicted octanol–water partition coefficient (Wildman–Crippen LogP) is -2.29. The van der Waals surface area contributed by atoms with Gasteiger partial charge in [0.2, 0.25) is 0 Å². The molecule has 66 valence electrons. The van der Waals surface area contributed by atoms with Gasteiger partial charge in [-0.05, 0) is 0 Å². The van der Waals surface area contributed by atoms with E-state index in [1.165, 1.54) is 26.2 Å². The van der Waals surface area contributed by atoms with Crippen LogP contribution in [0.25, 0.3) is 5.73 Å². The molecular weight excluding hydrogens is 234 g/mol. The number of ether oxygens (including phenoxy) is 2. The van der Waals surface area contributed by atoms with Crippen LogP contribution in [-0.4, -0.2) is 45.0 Å². The number of hydrogen-bond acceptors (Lipinski definition) is 3. The first-order valence-corrected chi connectivity index (χ1v) is 3.14. The Kier molecular flexibility index (Phi) is 11.1. The van der Waals surface area contributed by atoms with E-state index in [4.69, 9.17) is 15.2 Å². The minimum Gasteiger partial charge on any atom is -0.447 e. The van der Waals surface area contributed by atoms with Crippen LogP contribution in [0.15, 0.2) is 0 Å². The number of urea groups is 1. The van der Waals surface area contributed by atoms with Crippen LogP contribution in [0.3, 0.4) is 0 Å². The zero-order valence-electron chi connectivity index (χ0n) is 7.96. The van der Waals surface area contributed by atoms with Crippen LogP contribution in [-0.2, 0) is 9.47 Å². The maximum Gasteiger partial charge on any atom is 1.00 e. The van der Waals surface area contributed by atoms with Crippen LogP contribution in [0.1, 0.15) is 0 Å². The summed E-state index contributed by atoms with van der Waals surface area (Å²) in [4.78, 5) is 11.6. The molecule has 0 aromatic rings. The van der Waals surface area contributed by atoms with Crippen molar-refractivity contribution < 1.29 is 72.5 Å². The van der Waals surface area contributed by atoms with Crippen LogP contribution >= 0.6 is 0 Å². The fraction of sp³-hybridized carbons (Fsp3) is 0.833. The monoisotopic (exact) mass is 246 g/mol. The van der Waals surface area contributed by atoms with Gasteiger partial charge in [0.25, 0.3) is 0 Å². The standard InChI is InChI=1S/C6H14N2O3.Rb/c1-8(6(7)9)4-5(10-2)11-3;/h5H,4H2,1-3H3,(H2,7,9);/q;+1/p-1. The molecule has 0 aromatic carbocycles. The molecule has 0 aliphatic rings. The molecule has 0 aliphatic carbocycles. The van der Waals surface area contributed by atoms with Crippen molar-refractivity contribution in [3.8, 4) is 0 Å². The summed E-state index contributed by atoms with van der Waals surface area (Å²) in [5.41, 5.74) is 6.70. The van der Waals surface area contributed by atoms with Crippen molar-refractivity contribution in [2.45, 2.75) is 6.29 Å². The molecule has 2 amide bonds. The number of methoxy groups -OCH3 is 2. The van der Waals surface area contributed by atoms with E-state index in [1.54, 1.807) is 0 Å². The van der Waals surface area contributed by atoms with Gasteiger partial charge < -0.3 is 20.1 Å². The van der Waals surface area contributed by atoms with Crippen molar-refractivity contribution in [3.63, 3.8) is 0 Å². The first-order valence-electron chi connectivity index (χ1n) is 3.14. The quantitative estimate of drug-likeness (QED) is 0.525. The molecule has 0 radical (unpaired) electrons. The summed E-state index contributed by atoms with van der Waals surface area (Å²) in [5, 5.41) is 0. The number of carbonyl (C=O) groups excluding carboxylic acids is 1. The normalized spacial score (nSPS) is 9.33. The van der Waals surface area contributed by atoms with Crippen LogP contribution in [0.2, 0.25) is 0 Å². The van der Waals surface area contributed by atoms with Crippen molar-refractivity contribution in [3.05, 3.63) is 5.73 Å². The molecule has 0 fully saturated rings. The SMILES string of the molecule is COC(CN(C)C([NH-])=O)OC.[Rb+]. The maximum atomic E-state index is 10.4.